The second-order valence-electron chi connectivity index (χ2n) is 12.3. The summed E-state index contributed by atoms with van der Waals surface area (Å²) in [7, 11) is 1.60. The first kappa shape index (κ1) is 34.8. The first-order chi connectivity index (χ1) is 23.1. The van der Waals surface area contributed by atoms with Gasteiger partial charge in [0.05, 0.1) is 36.7 Å². The van der Waals surface area contributed by atoms with Crippen LogP contribution in [0.3, 0.4) is 0 Å². The molecule has 5 rings (SSSR count). The Bertz CT molecular complexity index is 1520. The summed E-state index contributed by atoms with van der Waals surface area (Å²) in [5, 5.41) is 5.91. The lowest BCUT2D eigenvalue weighted by molar-refractivity contribution is -0.125. The molecule has 256 valence electrons. The number of nitrogens with one attached hydrogen (secondary N) is 2. The van der Waals surface area contributed by atoms with Gasteiger partial charge in [0.15, 0.2) is 6.23 Å². The Hall–Kier alpha value is -4.49. The Morgan fingerprint density at radius 2 is 1.67 bits per heavy atom. The molecule has 1 saturated carbocycles. The summed E-state index contributed by atoms with van der Waals surface area (Å²) in [6.45, 7) is 0.408. The maximum Gasteiger partial charge on any atom is 0.411 e. The van der Waals surface area contributed by atoms with Gasteiger partial charge < -0.3 is 25.4 Å². The van der Waals surface area contributed by atoms with E-state index in [0.29, 0.717) is 36.9 Å². The number of carbonyl (C=O) groups is 3. The Labute approximate surface area is 277 Å². The van der Waals surface area contributed by atoms with E-state index in [4.69, 9.17) is 15.2 Å². The van der Waals surface area contributed by atoms with Crippen LogP contribution < -0.4 is 16.4 Å². The lowest BCUT2D eigenvalue weighted by atomic mass is 9.83. The van der Waals surface area contributed by atoms with E-state index >= 15 is 4.39 Å². The zero-order valence-corrected chi connectivity index (χ0v) is 26.7. The van der Waals surface area contributed by atoms with Crippen molar-refractivity contribution in [1.82, 2.24) is 15.2 Å². The van der Waals surface area contributed by atoms with Crippen LogP contribution in [0.15, 0.2) is 60.9 Å². The average Bonchev–Trinajstić information content (AvgIpc) is 3.08. The van der Waals surface area contributed by atoms with Crippen molar-refractivity contribution in [1.29, 1.82) is 0 Å². The van der Waals surface area contributed by atoms with Gasteiger partial charge in [0.25, 0.3) is 0 Å². The molecule has 1 unspecified atom stereocenters. The molecule has 2 aliphatic rings. The number of morpholine rings is 1. The quantitative estimate of drug-likeness (QED) is 0.261. The summed E-state index contributed by atoms with van der Waals surface area (Å²) in [5.41, 5.74) is 7.36. The minimum absolute atomic E-state index is 0.0674. The molecule has 48 heavy (non-hydrogen) atoms. The number of benzene rings is 2. The van der Waals surface area contributed by atoms with Gasteiger partial charge in [-0.1, -0.05) is 37.1 Å². The number of primary amides is 1. The van der Waals surface area contributed by atoms with E-state index in [1.54, 1.807) is 31.3 Å². The smallest absolute Gasteiger partial charge is 0.411 e. The fraction of sp³-hybridized carbons (Fsp3) is 0.429. The van der Waals surface area contributed by atoms with Crippen LogP contribution in [-0.2, 0) is 25.5 Å². The second-order valence-corrected chi connectivity index (χ2v) is 12.3. The van der Waals surface area contributed by atoms with Crippen molar-refractivity contribution in [2.75, 3.05) is 25.5 Å². The van der Waals surface area contributed by atoms with Crippen LogP contribution in [-0.4, -0.2) is 66.4 Å². The highest BCUT2D eigenvalue weighted by Crippen LogP contribution is 2.31. The molecular formula is C35H40F3N5O5. The molecule has 13 heteroatoms. The highest BCUT2D eigenvalue weighted by molar-refractivity contribution is 5.92. The van der Waals surface area contributed by atoms with Gasteiger partial charge in [-0.15, -0.1) is 0 Å². The van der Waals surface area contributed by atoms with Gasteiger partial charge in [0.1, 0.15) is 17.5 Å². The van der Waals surface area contributed by atoms with Crippen molar-refractivity contribution < 1.29 is 37.0 Å². The average molecular weight is 668 g/mol. The van der Waals surface area contributed by atoms with Crippen molar-refractivity contribution >= 4 is 23.6 Å². The molecule has 0 spiro atoms. The van der Waals surface area contributed by atoms with E-state index in [0.717, 1.165) is 19.0 Å². The van der Waals surface area contributed by atoms with Crippen molar-refractivity contribution in [3.05, 3.63) is 95.1 Å². The van der Waals surface area contributed by atoms with Gasteiger partial charge in [0, 0.05) is 37.5 Å². The molecule has 2 heterocycles. The number of anilines is 1. The van der Waals surface area contributed by atoms with Gasteiger partial charge in [-0.2, -0.15) is 0 Å². The van der Waals surface area contributed by atoms with Crippen LogP contribution >= 0.6 is 0 Å². The number of nitrogens with zero attached hydrogens (tertiary/aromatic N) is 2. The Morgan fingerprint density at radius 3 is 2.27 bits per heavy atom. The summed E-state index contributed by atoms with van der Waals surface area (Å²) < 4.78 is 53.7. The maximum atomic E-state index is 15.0. The fourth-order valence-corrected chi connectivity index (χ4v) is 6.45. The predicted octanol–water partition coefficient (Wildman–Crippen LogP) is 5.02. The van der Waals surface area contributed by atoms with Gasteiger partial charge >= 0.3 is 6.09 Å². The summed E-state index contributed by atoms with van der Waals surface area (Å²) in [6.07, 6.45) is 4.50. The molecule has 10 nitrogen and oxygen atoms in total. The van der Waals surface area contributed by atoms with Gasteiger partial charge in [0.2, 0.25) is 11.8 Å². The summed E-state index contributed by atoms with van der Waals surface area (Å²) in [6, 6.07) is 11.2. The third kappa shape index (κ3) is 8.90. The zero-order chi connectivity index (χ0) is 34.2. The van der Waals surface area contributed by atoms with E-state index in [-0.39, 0.29) is 42.8 Å². The van der Waals surface area contributed by atoms with Crippen LogP contribution in [0.4, 0.5) is 23.7 Å². The van der Waals surface area contributed by atoms with Gasteiger partial charge in [-0.25, -0.2) is 18.0 Å². The molecule has 0 bridgehead atoms. The number of amides is 3. The van der Waals surface area contributed by atoms with Gasteiger partial charge in [-0.05, 0) is 61.1 Å². The van der Waals surface area contributed by atoms with Crippen LogP contribution in [0.1, 0.15) is 61.1 Å². The van der Waals surface area contributed by atoms with Crippen LogP contribution in [0.25, 0.3) is 0 Å². The third-order valence-corrected chi connectivity index (χ3v) is 9.11. The summed E-state index contributed by atoms with van der Waals surface area (Å²) >= 11 is 0. The number of aromatic nitrogens is 1. The molecule has 4 atom stereocenters. The number of rotatable bonds is 11. The monoisotopic (exact) mass is 667 g/mol. The molecule has 1 aliphatic carbocycles. The highest BCUT2D eigenvalue weighted by Gasteiger charge is 2.36. The largest absolute Gasteiger partial charge is 0.428 e. The Balaban J connectivity index is 1.15. The van der Waals surface area contributed by atoms with Crippen molar-refractivity contribution in [2.24, 2.45) is 11.7 Å². The van der Waals surface area contributed by atoms with Crippen LogP contribution in [0, 0.1) is 23.4 Å². The molecule has 2 aromatic carbocycles. The molecule has 1 aromatic heterocycles. The first-order valence-corrected chi connectivity index (χ1v) is 16.1. The topological polar surface area (TPSA) is 136 Å². The zero-order valence-electron chi connectivity index (χ0n) is 26.7. The highest BCUT2D eigenvalue weighted by atomic mass is 19.1. The molecular weight excluding hydrogens is 627 g/mol. The molecule has 3 aromatic rings. The number of hydrogen-bond donors (Lipinski definition) is 3. The minimum atomic E-state index is -0.700. The number of halogens is 3. The standard InChI is InChI=1S/C35H40F3N5O5/c1-43(31-5-3-2-4-27(31)34(39)45)35(46)48-33-20-47-25(17-41-33)14-15-26-29(38)18-40-19-30(26)42-32(44)16-28(21-6-10-23(36)11-7-21)22-8-12-24(37)13-9-22/h6-13,18-19,25,27-28,31,33,41H,2-5,14-17,20H2,1H3,(H2,39,45)(H,42,44)/t25-,27+,31?,33+/m1/s1. The molecule has 1 saturated heterocycles. The maximum absolute atomic E-state index is 15.0. The van der Waals surface area contributed by atoms with E-state index in [9.17, 15) is 23.2 Å². The van der Waals surface area contributed by atoms with Crippen LogP contribution in [0.2, 0.25) is 0 Å². The SMILES string of the molecule is CN(C(=O)O[C@H]1CO[C@H](CCc2c(F)cncc2NC(=O)CC(c2ccc(F)cc2)c2ccc(F)cc2)CN1)C1CCCC[C@@H]1C(N)=O. The predicted molar refractivity (Wildman–Crippen MR) is 171 cm³/mol. The molecule has 1 aliphatic heterocycles. The fourth-order valence-electron chi connectivity index (χ4n) is 6.45. The van der Waals surface area contributed by atoms with Gasteiger partial charge in [-0.3, -0.25) is 19.9 Å². The van der Waals surface area contributed by atoms with E-state index in [2.05, 4.69) is 15.6 Å². The lowest BCUT2D eigenvalue weighted by Gasteiger charge is -2.37. The number of ether oxygens (including phenoxy) is 2. The molecule has 4 N–H and O–H groups in total. The summed E-state index contributed by atoms with van der Waals surface area (Å²) in [5.74, 6) is -3.20. The molecule has 0 radical (unpaired) electrons. The van der Waals surface area contributed by atoms with E-state index in [1.165, 1.54) is 35.4 Å². The number of hydrogen-bond acceptors (Lipinski definition) is 7. The third-order valence-electron chi connectivity index (χ3n) is 9.11. The summed E-state index contributed by atoms with van der Waals surface area (Å²) in [4.78, 5) is 43.4. The molecule has 2 fully saturated rings. The molecule has 3 amide bonds. The second kappa shape index (κ2) is 16.1. The van der Waals surface area contributed by atoms with Crippen molar-refractivity contribution in [3.63, 3.8) is 0 Å². The lowest BCUT2D eigenvalue weighted by Crippen LogP contribution is -2.53. The Kier molecular flexibility index (Phi) is 11.7. The Morgan fingerprint density at radius 1 is 1.02 bits per heavy atom. The van der Waals surface area contributed by atoms with E-state index in [1.807, 2.05) is 0 Å². The van der Waals surface area contributed by atoms with Crippen molar-refractivity contribution in [3.8, 4) is 0 Å². The number of nitrogens with two attached hydrogens (primary N) is 1. The number of pyridine rings is 1. The van der Waals surface area contributed by atoms with Crippen molar-refractivity contribution in [2.45, 2.75) is 69.2 Å². The minimum Gasteiger partial charge on any atom is -0.428 e. The van der Waals surface area contributed by atoms with E-state index < -0.39 is 53.4 Å². The normalized spacial score (nSPS) is 21.0. The first-order valence-electron chi connectivity index (χ1n) is 16.1. The van der Waals surface area contributed by atoms with Crippen LogP contribution in [0.5, 0.6) is 0 Å². The number of carbonyl (C=O) groups excluding carboxylic acids is 3.